The van der Waals surface area contributed by atoms with Crippen molar-refractivity contribution in [2.75, 3.05) is 5.73 Å². The second-order valence-electron chi connectivity index (χ2n) is 4.51. The van der Waals surface area contributed by atoms with E-state index in [1.54, 1.807) is 6.20 Å². The van der Waals surface area contributed by atoms with Crippen molar-refractivity contribution in [3.63, 3.8) is 0 Å². The fourth-order valence-corrected chi connectivity index (χ4v) is 2.78. The van der Waals surface area contributed by atoms with Crippen LogP contribution in [0.3, 0.4) is 0 Å². The van der Waals surface area contributed by atoms with Crippen molar-refractivity contribution in [3.8, 4) is 0 Å². The lowest BCUT2D eigenvalue weighted by atomic mass is 9.66. The van der Waals surface area contributed by atoms with Crippen LogP contribution in [-0.4, -0.2) is 10.1 Å². The van der Waals surface area contributed by atoms with E-state index < -0.39 is 5.60 Å². The normalized spacial score (nSPS) is 31.9. The van der Waals surface area contributed by atoms with Crippen LogP contribution >= 0.6 is 11.3 Å². The Morgan fingerprint density at radius 1 is 1.64 bits per heavy atom. The summed E-state index contributed by atoms with van der Waals surface area (Å²) in [4.78, 5) is 4.89. The molecule has 1 heterocycles. The van der Waals surface area contributed by atoms with Crippen LogP contribution in [0.2, 0.25) is 0 Å². The van der Waals surface area contributed by atoms with Gasteiger partial charge in [0.1, 0.15) is 5.60 Å². The minimum atomic E-state index is -0.635. The van der Waals surface area contributed by atoms with Crippen LogP contribution < -0.4 is 5.73 Å². The molecule has 0 aliphatic heterocycles. The lowest BCUT2D eigenvalue weighted by Crippen LogP contribution is -2.42. The van der Waals surface area contributed by atoms with Gasteiger partial charge >= 0.3 is 0 Å². The van der Waals surface area contributed by atoms with Crippen molar-refractivity contribution in [2.45, 2.75) is 32.3 Å². The third kappa shape index (κ3) is 1.53. The smallest absolute Gasteiger partial charge is 0.180 e. The van der Waals surface area contributed by atoms with E-state index in [0.29, 0.717) is 17.0 Å². The number of aliphatic hydroxyl groups is 1. The van der Waals surface area contributed by atoms with E-state index in [2.05, 4.69) is 18.8 Å². The van der Waals surface area contributed by atoms with Crippen molar-refractivity contribution in [3.05, 3.63) is 11.1 Å². The molecule has 1 aromatic heterocycles. The first-order valence-electron chi connectivity index (χ1n) is 4.95. The number of anilines is 1. The number of rotatable bonds is 2. The molecule has 0 saturated heterocycles. The van der Waals surface area contributed by atoms with Crippen LogP contribution in [0.25, 0.3) is 0 Å². The van der Waals surface area contributed by atoms with Crippen molar-refractivity contribution < 1.29 is 5.11 Å². The molecule has 1 aliphatic rings. The summed E-state index contributed by atoms with van der Waals surface area (Å²) in [6.45, 7) is 4.40. The van der Waals surface area contributed by atoms with Gasteiger partial charge in [-0.25, -0.2) is 4.98 Å². The lowest BCUT2D eigenvalue weighted by molar-refractivity contribution is -0.0907. The second-order valence-corrected chi connectivity index (χ2v) is 5.57. The summed E-state index contributed by atoms with van der Waals surface area (Å²) in [6.07, 6.45) is 3.41. The van der Waals surface area contributed by atoms with Crippen LogP contribution in [0.5, 0.6) is 0 Å². The zero-order chi connectivity index (χ0) is 10.3. The topological polar surface area (TPSA) is 59.1 Å². The monoisotopic (exact) mass is 212 g/mol. The van der Waals surface area contributed by atoms with E-state index in [4.69, 9.17) is 5.73 Å². The molecule has 0 atom stereocenters. The van der Waals surface area contributed by atoms with Gasteiger partial charge in [0.2, 0.25) is 0 Å². The number of thiazole rings is 1. The summed E-state index contributed by atoms with van der Waals surface area (Å²) in [7, 11) is 0. The number of hydrogen-bond donors (Lipinski definition) is 2. The fourth-order valence-electron chi connectivity index (χ4n) is 1.98. The van der Waals surface area contributed by atoms with Gasteiger partial charge in [0.05, 0.1) is 4.88 Å². The zero-order valence-electron chi connectivity index (χ0n) is 8.53. The Morgan fingerprint density at radius 2 is 2.29 bits per heavy atom. The summed E-state index contributed by atoms with van der Waals surface area (Å²) >= 11 is 1.40. The maximum absolute atomic E-state index is 10.2. The molecule has 14 heavy (non-hydrogen) atoms. The van der Waals surface area contributed by atoms with Crippen molar-refractivity contribution in [1.29, 1.82) is 0 Å². The maximum atomic E-state index is 10.2. The molecule has 0 amide bonds. The second kappa shape index (κ2) is 3.21. The summed E-state index contributed by atoms with van der Waals surface area (Å²) in [5.41, 5.74) is 4.91. The van der Waals surface area contributed by atoms with Gasteiger partial charge in [0.15, 0.2) is 5.13 Å². The first-order valence-corrected chi connectivity index (χ1v) is 5.77. The summed E-state index contributed by atoms with van der Waals surface area (Å²) in [6, 6.07) is 0. The van der Waals surface area contributed by atoms with Gasteiger partial charge in [-0.3, -0.25) is 0 Å². The van der Waals surface area contributed by atoms with Crippen LogP contribution in [0, 0.1) is 11.8 Å². The highest BCUT2D eigenvalue weighted by Gasteiger charge is 2.46. The Kier molecular flexibility index (Phi) is 2.27. The molecule has 1 aromatic rings. The summed E-state index contributed by atoms with van der Waals surface area (Å²) in [5.74, 6) is 1.30. The molecule has 1 saturated carbocycles. The highest BCUT2D eigenvalue weighted by Crippen LogP contribution is 2.50. The van der Waals surface area contributed by atoms with E-state index >= 15 is 0 Å². The Morgan fingerprint density at radius 3 is 2.71 bits per heavy atom. The molecule has 4 heteroatoms. The zero-order valence-corrected chi connectivity index (χ0v) is 9.34. The molecule has 0 spiro atoms. The van der Waals surface area contributed by atoms with Crippen LogP contribution in [0.15, 0.2) is 6.20 Å². The van der Waals surface area contributed by atoms with Gasteiger partial charge in [-0.1, -0.05) is 25.2 Å². The van der Waals surface area contributed by atoms with E-state index in [9.17, 15) is 5.11 Å². The van der Waals surface area contributed by atoms with Gasteiger partial charge in [0, 0.05) is 6.20 Å². The lowest BCUT2D eigenvalue weighted by Gasteiger charge is -2.44. The molecule has 0 bridgehead atoms. The van der Waals surface area contributed by atoms with E-state index in [-0.39, 0.29) is 0 Å². The predicted octanol–water partition coefficient (Wildman–Crippen LogP) is 1.98. The molecule has 2 rings (SSSR count). The van der Waals surface area contributed by atoms with Gasteiger partial charge in [-0.15, -0.1) is 0 Å². The number of nitrogen functional groups attached to an aromatic ring is 1. The van der Waals surface area contributed by atoms with Gasteiger partial charge in [0.25, 0.3) is 0 Å². The number of hydrogen-bond acceptors (Lipinski definition) is 4. The SMILES string of the molecule is CC(C)C1CC(O)(c2cnc(N)s2)C1. The molecule has 1 aliphatic carbocycles. The molecule has 3 nitrogen and oxygen atoms in total. The summed E-state index contributed by atoms with van der Waals surface area (Å²) in [5, 5.41) is 10.8. The van der Waals surface area contributed by atoms with Crippen molar-refractivity contribution >= 4 is 16.5 Å². The number of aromatic nitrogens is 1. The average Bonchev–Trinajstić information content (AvgIpc) is 2.45. The number of nitrogens with two attached hydrogens (primary N) is 1. The third-order valence-electron chi connectivity index (χ3n) is 3.12. The molecule has 0 radical (unpaired) electrons. The average molecular weight is 212 g/mol. The Bertz CT molecular complexity index is 329. The Balaban J connectivity index is 2.07. The summed E-state index contributed by atoms with van der Waals surface area (Å²) < 4.78 is 0. The first kappa shape index (κ1) is 9.93. The van der Waals surface area contributed by atoms with Crippen molar-refractivity contribution in [1.82, 2.24) is 4.98 Å². The minimum absolute atomic E-state index is 0.543. The van der Waals surface area contributed by atoms with Crippen molar-refractivity contribution in [2.24, 2.45) is 11.8 Å². The molecule has 0 aromatic carbocycles. The largest absolute Gasteiger partial charge is 0.384 e. The number of nitrogens with zero attached hydrogens (tertiary/aromatic N) is 1. The quantitative estimate of drug-likeness (QED) is 0.788. The van der Waals surface area contributed by atoms with Crippen LogP contribution in [0.1, 0.15) is 31.6 Å². The fraction of sp³-hybridized carbons (Fsp3) is 0.700. The van der Waals surface area contributed by atoms with E-state index in [0.717, 1.165) is 17.7 Å². The minimum Gasteiger partial charge on any atom is -0.384 e. The molecule has 3 N–H and O–H groups in total. The maximum Gasteiger partial charge on any atom is 0.180 e. The Labute approximate surface area is 88.0 Å². The van der Waals surface area contributed by atoms with Gasteiger partial charge in [-0.05, 0) is 24.7 Å². The standard InChI is InChI=1S/C10H16N2OS/c1-6(2)7-3-10(13,4-7)8-5-12-9(11)14-8/h5-7,13H,3-4H2,1-2H3,(H2,11,12). The third-order valence-corrected chi connectivity index (χ3v) is 4.14. The van der Waals surface area contributed by atoms with Crippen LogP contribution in [-0.2, 0) is 5.60 Å². The van der Waals surface area contributed by atoms with E-state index in [1.807, 2.05) is 0 Å². The molecule has 78 valence electrons. The Hall–Kier alpha value is -0.610. The molecule has 0 unspecified atom stereocenters. The predicted molar refractivity (Wildman–Crippen MR) is 58.0 cm³/mol. The van der Waals surface area contributed by atoms with Gasteiger partial charge < -0.3 is 10.8 Å². The highest BCUT2D eigenvalue weighted by atomic mass is 32.1. The van der Waals surface area contributed by atoms with Crippen LogP contribution in [0.4, 0.5) is 5.13 Å². The van der Waals surface area contributed by atoms with Gasteiger partial charge in [-0.2, -0.15) is 0 Å². The molecular weight excluding hydrogens is 196 g/mol. The first-order chi connectivity index (χ1) is 6.51. The molecular formula is C10H16N2OS. The van der Waals surface area contributed by atoms with E-state index in [1.165, 1.54) is 11.3 Å². The highest BCUT2D eigenvalue weighted by molar-refractivity contribution is 7.15. The molecule has 1 fully saturated rings.